The summed E-state index contributed by atoms with van der Waals surface area (Å²) >= 11 is 0. The molecule has 0 aliphatic carbocycles. The van der Waals surface area contributed by atoms with Gasteiger partial charge in [0.2, 0.25) is 0 Å². The summed E-state index contributed by atoms with van der Waals surface area (Å²) in [5.74, 6) is 0.432. The van der Waals surface area contributed by atoms with Crippen molar-refractivity contribution in [3.63, 3.8) is 0 Å². The van der Waals surface area contributed by atoms with Crippen molar-refractivity contribution >= 4 is 11.3 Å². The van der Waals surface area contributed by atoms with Crippen LogP contribution in [0.3, 0.4) is 0 Å². The topological polar surface area (TPSA) is 37.8 Å². The number of hydrogen-bond donors (Lipinski definition) is 1. The van der Waals surface area contributed by atoms with E-state index in [1.54, 1.807) is 0 Å². The third kappa shape index (κ3) is 3.44. The zero-order valence-electron chi connectivity index (χ0n) is 15.1. The lowest BCUT2D eigenvalue weighted by Gasteiger charge is -2.16. The van der Waals surface area contributed by atoms with E-state index >= 15 is 0 Å². The maximum atomic E-state index is 4.89. The molecule has 3 heteroatoms. The summed E-state index contributed by atoms with van der Waals surface area (Å²) < 4.78 is 0. The zero-order valence-corrected chi connectivity index (χ0v) is 15.1. The number of hydrogen-bond acceptors (Lipinski definition) is 3. The Kier molecular flexibility index (Phi) is 5.19. The van der Waals surface area contributed by atoms with E-state index in [4.69, 9.17) is 9.97 Å². The van der Waals surface area contributed by atoms with Crippen LogP contribution in [-0.4, -0.2) is 17.0 Å². The number of anilines is 1. The molecule has 0 atom stereocenters. The van der Waals surface area contributed by atoms with E-state index in [-0.39, 0.29) is 0 Å². The van der Waals surface area contributed by atoms with Gasteiger partial charge in [-0.25, -0.2) is 4.98 Å². The lowest BCUT2D eigenvalue weighted by Crippen LogP contribution is -2.04. The largest absolute Gasteiger partial charge is 0.386 e. The first-order valence-corrected chi connectivity index (χ1v) is 8.24. The monoisotopic (exact) mass is 309 g/mol. The summed E-state index contributed by atoms with van der Waals surface area (Å²) in [6.45, 7) is 14.6. The van der Waals surface area contributed by atoms with E-state index < -0.39 is 0 Å². The van der Waals surface area contributed by atoms with Gasteiger partial charge in [-0.2, -0.15) is 0 Å². The van der Waals surface area contributed by atoms with Crippen molar-refractivity contribution in [3.8, 4) is 11.3 Å². The van der Waals surface area contributed by atoms with Crippen molar-refractivity contribution in [1.29, 1.82) is 0 Å². The standard InChI is InChI=1S/C20H27N3/c1-8-16-15(9-10-17(22-16)12(2)3)20-14(6)11-18(21-7)19(23-20)13(4)5/h9-12,21H,4,8H2,1-3,5-7H3. The van der Waals surface area contributed by atoms with E-state index in [1.165, 1.54) is 0 Å². The number of pyridine rings is 2. The predicted molar refractivity (Wildman–Crippen MR) is 99.9 cm³/mol. The molecule has 1 N–H and O–H groups in total. The molecule has 0 radical (unpaired) electrons. The molecule has 0 saturated carbocycles. The Hall–Kier alpha value is -2.16. The third-order valence-electron chi connectivity index (χ3n) is 4.06. The summed E-state index contributed by atoms with van der Waals surface area (Å²) in [5, 5.41) is 3.21. The normalized spacial score (nSPS) is 10.9. The Morgan fingerprint density at radius 3 is 2.48 bits per heavy atom. The van der Waals surface area contributed by atoms with Gasteiger partial charge in [-0.05, 0) is 55.5 Å². The van der Waals surface area contributed by atoms with Gasteiger partial charge in [0.1, 0.15) is 0 Å². The van der Waals surface area contributed by atoms with Crippen LogP contribution in [0.4, 0.5) is 5.69 Å². The van der Waals surface area contributed by atoms with Gasteiger partial charge in [-0.1, -0.05) is 27.4 Å². The van der Waals surface area contributed by atoms with Crippen LogP contribution in [0, 0.1) is 6.92 Å². The second-order valence-electron chi connectivity index (χ2n) is 6.32. The number of aryl methyl sites for hydroxylation is 2. The van der Waals surface area contributed by atoms with E-state index in [0.717, 1.165) is 51.6 Å². The van der Waals surface area contributed by atoms with Crippen molar-refractivity contribution in [2.45, 2.75) is 47.0 Å². The summed E-state index contributed by atoms with van der Waals surface area (Å²) in [5.41, 5.74) is 8.41. The molecule has 0 aliphatic heterocycles. The van der Waals surface area contributed by atoms with Gasteiger partial charge in [0.25, 0.3) is 0 Å². The minimum absolute atomic E-state index is 0.432. The van der Waals surface area contributed by atoms with E-state index in [1.807, 2.05) is 14.0 Å². The van der Waals surface area contributed by atoms with Crippen molar-refractivity contribution in [3.05, 3.63) is 47.4 Å². The van der Waals surface area contributed by atoms with Crippen molar-refractivity contribution in [2.75, 3.05) is 12.4 Å². The van der Waals surface area contributed by atoms with Gasteiger partial charge in [0.15, 0.2) is 0 Å². The number of allylic oxidation sites excluding steroid dienone is 1. The highest BCUT2D eigenvalue weighted by Crippen LogP contribution is 2.31. The highest BCUT2D eigenvalue weighted by molar-refractivity contribution is 5.76. The molecule has 2 rings (SSSR count). The Morgan fingerprint density at radius 1 is 1.26 bits per heavy atom. The molecule has 2 heterocycles. The minimum atomic E-state index is 0.432. The van der Waals surface area contributed by atoms with Crippen LogP contribution in [0.15, 0.2) is 24.8 Å². The fourth-order valence-electron chi connectivity index (χ4n) is 2.73. The van der Waals surface area contributed by atoms with Crippen LogP contribution in [0.25, 0.3) is 16.8 Å². The smallest absolute Gasteiger partial charge is 0.0891 e. The van der Waals surface area contributed by atoms with Crippen LogP contribution in [0.2, 0.25) is 0 Å². The van der Waals surface area contributed by atoms with Crippen molar-refractivity contribution < 1.29 is 0 Å². The summed E-state index contributed by atoms with van der Waals surface area (Å²) in [6.07, 6.45) is 0.896. The fourth-order valence-corrected chi connectivity index (χ4v) is 2.73. The lowest BCUT2D eigenvalue weighted by atomic mass is 9.99. The Balaban J connectivity index is 2.66. The SMILES string of the molecule is C=C(C)c1nc(-c2ccc(C(C)C)nc2CC)c(C)cc1NC. The first-order chi connectivity index (χ1) is 10.9. The van der Waals surface area contributed by atoms with Crippen molar-refractivity contribution in [1.82, 2.24) is 9.97 Å². The third-order valence-corrected chi connectivity index (χ3v) is 4.06. The van der Waals surface area contributed by atoms with Gasteiger partial charge < -0.3 is 5.32 Å². The number of aromatic nitrogens is 2. The summed E-state index contributed by atoms with van der Waals surface area (Å²) in [4.78, 5) is 9.74. The van der Waals surface area contributed by atoms with Gasteiger partial charge in [0, 0.05) is 24.0 Å². The number of rotatable bonds is 5. The molecule has 0 unspecified atom stereocenters. The average Bonchev–Trinajstić information content (AvgIpc) is 2.53. The molecule has 122 valence electrons. The molecule has 0 saturated heterocycles. The zero-order chi connectivity index (χ0) is 17.1. The maximum absolute atomic E-state index is 4.89. The Labute approximate surface area is 139 Å². The van der Waals surface area contributed by atoms with Crippen LogP contribution in [-0.2, 0) is 6.42 Å². The summed E-state index contributed by atoms with van der Waals surface area (Å²) in [6, 6.07) is 6.42. The highest BCUT2D eigenvalue weighted by atomic mass is 14.9. The summed E-state index contributed by atoms with van der Waals surface area (Å²) in [7, 11) is 1.92. The predicted octanol–water partition coefficient (Wildman–Crippen LogP) is 5.21. The number of nitrogens with zero attached hydrogens (tertiary/aromatic N) is 2. The van der Waals surface area contributed by atoms with Crippen LogP contribution >= 0.6 is 0 Å². The molecule has 0 bridgehead atoms. The van der Waals surface area contributed by atoms with Gasteiger partial charge in [0.05, 0.1) is 17.1 Å². The maximum Gasteiger partial charge on any atom is 0.0891 e. The van der Waals surface area contributed by atoms with Crippen LogP contribution < -0.4 is 5.32 Å². The average molecular weight is 309 g/mol. The van der Waals surface area contributed by atoms with Gasteiger partial charge >= 0.3 is 0 Å². The molecule has 0 fully saturated rings. The second-order valence-corrected chi connectivity index (χ2v) is 6.32. The Bertz CT molecular complexity index is 730. The molecular weight excluding hydrogens is 282 g/mol. The van der Waals surface area contributed by atoms with Gasteiger partial charge in [-0.3, -0.25) is 4.98 Å². The molecule has 3 nitrogen and oxygen atoms in total. The van der Waals surface area contributed by atoms with Crippen LogP contribution in [0.5, 0.6) is 0 Å². The first-order valence-electron chi connectivity index (χ1n) is 8.24. The molecule has 0 spiro atoms. The number of nitrogens with one attached hydrogen (secondary N) is 1. The molecular formula is C20H27N3. The minimum Gasteiger partial charge on any atom is -0.386 e. The van der Waals surface area contributed by atoms with E-state index in [0.29, 0.717) is 5.92 Å². The molecule has 0 aromatic carbocycles. The second kappa shape index (κ2) is 6.95. The first kappa shape index (κ1) is 17.2. The Morgan fingerprint density at radius 2 is 1.96 bits per heavy atom. The fraction of sp³-hybridized carbons (Fsp3) is 0.400. The molecule has 23 heavy (non-hydrogen) atoms. The molecule has 2 aromatic heterocycles. The lowest BCUT2D eigenvalue weighted by molar-refractivity contribution is 0.807. The molecule has 0 amide bonds. The van der Waals surface area contributed by atoms with E-state index in [9.17, 15) is 0 Å². The van der Waals surface area contributed by atoms with Gasteiger partial charge in [-0.15, -0.1) is 0 Å². The highest BCUT2D eigenvalue weighted by Gasteiger charge is 2.15. The molecule has 2 aromatic rings. The van der Waals surface area contributed by atoms with E-state index in [2.05, 4.69) is 57.8 Å². The van der Waals surface area contributed by atoms with Crippen LogP contribution in [0.1, 0.15) is 56.3 Å². The molecule has 0 aliphatic rings. The van der Waals surface area contributed by atoms with Crippen molar-refractivity contribution in [2.24, 2.45) is 0 Å². The quantitative estimate of drug-likeness (QED) is 0.823.